The summed E-state index contributed by atoms with van der Waals surface area (Å²) in [6.45, 7) is 1.87. The van der Waals surface area contributed by atoms with Gasteiger partial charge in [0, 0.05) is 10.8 Å². The highest BCUT2D eigenvalue weighted by atomic mass is 32.1. The number of furan rings is 1. The normalized spacial score (nSPS) is 19.0. The Morgan fingerprint density at radius 2 is 2.41 bits per heavy atom. The van der Waals surface area contributed by atoms with Crippen LogP contribution in [0.2, 0.25) is 0 Å². The molecule has 1 atom stereocenters. The Balaban J connectivity index is 1.94. The van der Waals surface area contributed by atoms with Gasteiger partial charge in [-0.1, -0.05) is 0 Å². The molecular weight excluding hydrogens is 232 g/mol. The zero-order valence-corrected chi connectivity index (χ0v) is 10.5. The van der Waals surface area contributed by atoms with Crippen LogP contribution in [-0.2, 0) is 6.42 Å². The van der Waals surface area contributed by atoms with Crippen LogP contribution in [0.4, 0.5) is 0 Å². The van der Waals surface area contributed by atoms with Crippen LogP contribution in [0.5, 0.6) is 0 Å². The number of rotatable bonds is 2. The molecular formula is C14H14O2S. The molecule has 1 aliphatic carbocycles. The minimum absolute atomic E-state index is 0.0435. The fourth-order valence-corrected chi connectivity index (χ4v) is 3.52. The third kappa shape index (κ3) is 1.84. The Kier molecular flexibility index (Phi) is 2.63. The van der Waals surface area contributed by atoms with Crippen molar-refractivity contribution in [1.29, 1.82) is 0 Å². The van der Waals surface area contributed by atoms with Crippen molar-refractivity contribution < 1.29 is 9.21 Å². The van der Waals surface area contributed by atoms with E-state index in [-0.39, 0.29) is 11.7 Å². The van der Waals surface area contributed by atoms with Crippen LogP contribution in [0.25, 0.3) is 0 Å². The molecule has 0 spiro atoms. The second-order valence-corrected chi connectivity index (χ2v) is 5.55. The van der Waals surface area contributed by atoms with Gasteiger partial charge in [0.1, 0.15) is 12.0 Å². The van der Waals surface area contributed by atoms with Crippen LogP contribution in [0.1, 0.15) is 45.3 Å². The fourth-order valence-electron chi connectivity index (χ4n) is 2.53. The lowest BCUT2D eigenvalue weighted by molar-refractivity contribution is 0.0951. The van der Waals surface area contributed by atoms with Crippen LogP contribution >= 0.6 is 11.3 Å². The quantitative estimate of drug-likeness (QED) is 0.751. The van der Waals surface area contributed by atoms with Crippen molar-refractivity contribution >= 4 is 17.1 Å². The van der Waals surface area contributed by atoms with Gasteiger partial charge in [-0.25, -0.2) is 0 Å². The number of carbonyl (C=O) groups is 1. The van der Waals surface area contributed by atoms with Crippen LogP contribution in [-0.4, -0.2) is 5.78 Å². The molecule has 0 aliphatic heterocycles. The molecule has 1 unspecified atom stereocenters. The lowest BCUT2D eigenvalue weighted by Crippen LogP contribution is -2.16. The number of carbonyl (C=O) groups excluding carboxylic acids is 1. The van der Waals surface area contributed by atoms with E-state index in [9.17, 15) is 4.79 Å². The highest BCUT2D eigenvalue weighted by molar-refractivity contribution is 7.10. The molecule has 3 heteroatoms. The van der Waals surface area contributed by atoms with Crippen molar-refractivity contribution in [3.63, 3.8) is 0 Å². The SMILES string of the molecule is Cc1cc(C(=O)C2CCCc3sccc32)co1. The summed E-state index contributed by atoms with van der Waals surface area (Å²) >= 11 is 1.77. The van der Waals surface area contributed by atoms with Gasteiger partial charge < -0.3 is 4.42 Å². The van der Waals surface area contributed by atoms with Crippen molar-refractivity contribution in [1.82, 2.24) is 0 Å². The molecule has 2 nitrogen and oxygen atoms in total. The van der Waals surface area contributed by atoms with E-state index < -0.39 is 0 Å². The van der Waals surface area contributed by atoms with Gasteiger partial charge in [0.15, 0.2) is 5.78 Å². The van der Waals surface area contributed by atoms with E-state index in [0.717, 1.165) is 25.0 Å². The van der Waals surface area contributed by atoms with Crippen molar-refractivity contribution in [2.45, 2.75) is 32.1 Å². The number of hydrogen-bond donors (Lipinski definition) is 0. The predicted molar refractivity (Wildman–Crippen MR) is 67.8 cm³/mol. The molecule has 17 heavy (non-hydrogen) atoms. The molecule has 0 saturated heterocycles. The third-order valence-corrected chi connectivity index (χ3v) is 4.38. The van der Waals surface area contributed by atoms with E-state index in [2.05, 4.69) is 11.4 Å². The number of thiophene rings is 1. The van der Waals surface area contributed by atoms with Gasteiger partial charge in [-0.3, -0.25) is 4.79 Å². The first-order valence-corrected chi connectivity index (χ1v) is 6.79. The number of aryl methyl sites for hydroxylation is 2. The topological polar surface area (TPSA) is 30.2 Å². The minimum atomic E-state index is 0.0435. The van der Waals surface area contributed by atoms with Crippen LogP contribution in [0.3, 0.4) is 0 Å². The second kappa shape index (κ2) is 4.15. The maximum Gasteiger partial charge on any atom is 0.173 e. The van der Waals surface area contributed by atoms with E-state index in [1.807, 2.05) is 13.0 Å². The largest absolute Gasteiger partial charge is 0.469 e. The monoisotopic (exact) mass is 246 g/mol. The molecule has 88 valence electrons. The Labute approximate surface area is 104 Å². The predicted octanol–water partition coefficient (Wildman–Crippen LogP) is 3.95. The summed E-state index contributed by atoms with van der Waals surface area (Å²) in [5.41, 5.74) is 1.96. The molecule has 0 bridgehead atoms. The van der Waals surface area contributed by atoms with Gasteiger partial charge in [0.2, 0.25) is 0 Å². The molecule has 0 fully saturated rings. The van der Waals surface area contributed by atoms with Crippen LogP contribution in [0, 0.1) is 6.92 Å². The van der Waals surface area contributed by atoms with Gasteiger partial charge in [-0.2, -0.15) is 0 Å². The van der Waals surface area contributed by atoms with Crippen molar-refractivity contribution in [2.75, 3.05) is 0 Å². The zero-order chi connectivity index (χ0) is 11.8. The first kappa shape index (κ1) is 10.8. The maximum absolute atomic E-state index is 12.4. The van der Waals surface area contributed by atoms with Gasteiger partial charge in [-0.15, -0.1) is 11.3 Å². The first-order valence-electron chi connectivity index (χ1n) is 5.91. The van der Waals surface area contributed by atoms with E-state index in [4.69, 9.17) is 4.42 Å². The molecule has 2 aromatic rings. The summed E-state index contributed by atoms with van der Waals surface area (Å²) in [5.74, 6) is 1.05. The Morgan fingerprint density at radius 1 is 1.53 bits per heavy atom. The smallest absolute Gasteiger partial charge is 0.173 e. The Hall–Kier alpha value is -1.35. The second-order valence-electron chi connectivity index (χ2n) is 4.55. The summed E-state index contributed by atoms with van der Waals surface area (Å²) < 4.78 is 5.23. The Bertz CT molecular complexity index is 550. The minimum Gasteiger partial charge on any atom is -0.469 e. The molecule has 1 aliphatic rings. The molecule has 0 saturated carbocycles. The van der Waals surface area contributed by atoms with Crippen molar-refractivity contribution in [3.05, 3.63) is 45.5 Å². The number of fused-ring (bicyclic) bond motifs is 1. The van der Waals surface area contributed by atoms with E-state index in [1.165, 1.54) is 10.4 Å². The molecule has 3 rings (SSSR count). The van der Waals surface area contributed by atoms with Gasteiger partial charge in [-0.05, 0) is 49.3 Å². The average Bonchev–Trinajstić information content (AvgIpc) is 2.95. The average molecular weight is 246 g/mol. The molecule has 0 aromatic carbocycles. The highest BCUT2D eigenvalue weighted by Gasteiger charge is 2.28. The molecule has 0 amide bonds. The lowest BCUT2D eigenvalue weighted by Gasteiger charge is -2.20. The van der Waals surface area contributed by atoms with Gasteiger partial charge >= 0.3 is 0 Å². The van der Waals surface area contributed by atoms with E-state index in [0.29, 0.717) is 5.56 Å². The maximum atomic E-state index is 12.4. The molecule has 0 radical (unpaired) electrons. The fraction of sp³-hybridized carbons (Fsp3) is 0.357. The van der Waals surface area contributed by atoms with Gasteiger partial charge in [0.25, 0.3) is 0 Å². The Morgan fingerprint density at radius 3 is 3.18 bits per heavy atom. The van der Waals surface area contributed by atoms with Crippen LogP contribution in [0.15, 0.2) is 28.2 Å². The van der Waals surface area contributed by atoms with Crippen LogP contribution < -0.4 is 0 Å². The molecule has 2 aromatic heterocycles. The standard InChI is InChI=1S/C14H14O2S/c1-9-7-10(8-16-9)14(15)12-3-2-4-13-11(12)5-6-17-13/h5-8,12H,2-4H2,1H3. The summed E-state index contributed by atoms with van der Waals surface area (Å²) in [5, 5.41) is 2.09. The molecule has 0 N–H and O–H groups in total. The van der Waals surface area contributed by atoms with Gasteiger partial charge in [0.05, 0.1) is 5.56 Å². The summed E-state index contributed by atoms with van der Waals surface area (Å²) in [6.07, 6.45) is 4.78. The lowest BCUT2D eigenvalue weighted by atomic mass is 9.83. The summed E-state index contributed by atoms with van der Waals surface area (Å²) in [7, 11) is 0. The highest BCUT2D eigenvalue weighted by Crippen LogP contribution is 2.37. The molecule has 2 heterocycles. The number of ketones is 1. The third-order valence-electron chi connectivity index (χ3n) is 3.38. The first-order chi connectivity index (χ1) is 8.25. The zero-order valence-electron chi connectivity index (χ0n) is 9.73. The van der Waals surface area contributed by atoms with Crippen molar-refractivity contribution in [3.8, 4) is 0 Å². The van der Waals surface area contributed by atoms with E-state index >= 15 is 0 Å². The number of hydrogen-bond acceptors (Lipinski definition) is 3. The van der Waals surface area contributed by atoms with E-state index in [1.54, 1.807) is 17.6 Å². The number of Topliss-reactive ketones (excluding diaryl/α,β-unsaturated/α-hetero) is 1. The summed E-state index contributed by atoms with van der Waals surface area (Å²) in [6, 6.07) is 3.94. The summed E-state index contributed by atoms with van der Waals surface area (Å²) in [4.78, 5) is 13.8. The van der Waals surface area contributed by atoms with Crippen molar-refractivity contribution in [2.24, 2.45) is 0 Å².